The minimum absolute atomic E-state index is 0.471. The lowest BCUT2D eigenvalue weighted by atomic mass is 10.1. The molecule has 0 saturated carbocycles. The number of para-hydroxylation sites is 1. The van der Waals surface area contributed by atoms with Gasteiger partial charge >= 0.3 is 5.97 Å². The van der Waals surface area contributed by atoms with Gasteiger partial charge in [-0.3, -0.25) is 4.79 Å². The molecule has 1 atom stereocenters. The Hall–Kier alpha value is -1.55. The minimum Gasteiger partial charge on any atom is -0.480 e. The largest absolute Gasteiger partial charge is 0.480 e. The molecule has 18 heavy (non-hydrogen) atoms. The number of carbonyl (C=O) groups is 1. The molecule has 0 heterocycles. The van der Waals surface area contributed by atoms with Crippen LogP contribution in [-0.4, -0.2) is 37.3 Å². The Morgan fingerprint density at radius 3 is 2.67 bits per heavy atom. The monoisotopic (exact) mass is 250 g/mol. The molecule has 1 aromatic carbocycles. The SMILES string of the molecule is CCNC(CCN(C)c1ccccc1C)C(=O)O. The first-order valence-electron chi connectivity index (χ1n) is 6.29. The maximum atomic E-state index is 11.0. The van der Waals surface area contributed by atoms with Gasteiger partial charge in [0, 0.05) is 19.3 Å². The van der Waals surface area contributed by atoms with Crippen molar-refractivity contribution in [2.24, 2.45) is 0 Å². The Balaban J connectivity index is 2.57. The average molecular weight is 250 g/mol. The predicted octanol–water partition coefficient (Wildman–Crippen LogP) is 1.88. The fourth-order valence-corrected chi connectivity index (χ4v) is 1.99. The summed E-state index contributed by atoms with van der Waals surface area (Å²) in [6, 6.07) is 7.65. The van der Waals surface area contributed by atoms with Gasteiger partial charge in [-0.05, 0) is 31.5 Å². The van der Waals surface area contributed by atoms with E-state index in [1.807, 2.05) is 26.1 Å². The van der Waals surface area contributed by atoms with Crippen LogP contribution in [0.25, 0.3) is 0 Å². The first-order valence-corrected chi connectivity index (χ1v) is 6.29. The van der Waals surface area contributed by atoms with Crippen LogP contribution < -0.4 is 10.2 Å². The summed E-state index contributed by atoms with van der Waals surface area (Å²) in [6.07, 6.45) is 0.591. The normalized spacial score (nSPS) is 12.2. The topological polar surface area (TPSA) is 52.6 Å². The number of nitrogens with one attached hydrogen (secondary N) is 1. The van der Waals surface area contributed by atoms with Gasteiger partial charge in [0.15, 0.2) is 0 Å². The molecule has 0 aliphatic rings. The third-order valence-corrected chi connectivity index (χ3v) is 3.03. The number of benzene rings is 1. The van der Waals surface area contributed by atoms with E-state index >= 15 is 0 Å². The highest BCUT2D eigenvalue weighted by molar-refractivity contribution is 5.73. The van der Waals surface area contributed by atoms with E-state index in [0.717, 1.165) is 12.2 Å². The van der Waals surface area contributed by atoms with Gasteiger partial charge < -0.3 is 15.3 Å². The Labute approximate surface area is 109 Å². The smallest absolute Gasteiger partial charge is 0.320 e. The molecule has 4 nitrogen and oxygen atoms in total. The number of anilines is 1. The second kappa shape index (κ2) is 7.01. The molecule has 1 aromatic rings. The van der Waals surface area contributed by atoms with Gasteiger partial charge in [-0.1, -0.05) is 25.1 Å². The minimum atomic E-state index is -0.782. The Morgan fingerprint density at radius 1 is 1.44 bits per heavy atom. The van der Waals surface area contributed by atoms with E-state index in [0.29, 0.717) is 13.0 Å². The maximum Gasteiger partial charge on any atom is 0.320 e. The molecule has 4 heteroatoms. The van der Waals surface area contributed by atoms with Crippen LogP contribution in [0, 0.1) is 6.92 Å². The molecule has 2 N–H and O–H groups in total. The van der Waals surface area contributed by atoms with Crippen molar-refractivity contribution < 1.29 is 9.90 Å². The van der Waals surface area contributed by atoms with Crippen molar-refractivity contribution in [1.82, 2.24) is 5.32 Å². The van der Waals surface area contributed by atoms with Crippen LogP contribution in [0.2, 0.25) is 0 Å². The molecule has 0 amide bonds. The number of carboxylic acids is 1. The molecule has 0 bridgehead atoms. The molecule has 0 spiro atoms. The van der Waals surface area contributed by atoms with Crippen LogP contribution in [0.3, 0.4) is 0 Å². The first kappa shape index (κ1) is 14.5. The Bertz CT molecular complexity index is 393. The molecule has 0 radical (unpaired) electrons. The summed E-state index contributed by atoms with van der Waals surface area (Å²) in [6.45, 7) is 5.37. The van der Waals surface area contributed by atoms with Gasteiger partial charge in [-0.2, -0.15) is 0 Å². The number of hydrogen-bond donors (Lipinski definition) is 2. The van der Waals surface area contributed by atoms with E-state index in [9.17, 15) is 4.79 Å². The average Bonchev–Trinajstić information content (AvgIpc) is 2.34. The van der Waals surface area contributed by atoms with E-state index < -0.39 is 12.0 Å². The van der Waals surface area contributed by atoms with Crippen LogP contribution in [-0.2, 0) is 4.79 Å². The van der Waals surface area contributed by atoms with Crippen molar-refractivity contribution in [2.45, 2.75) is 26.3 Å². The fraction of sp³-hybridized carbons (Fsp3) is 0.500. The van der Waals surface area contributed by atoms with Gasteiger partial charge in [-0.15, -0.1) is 0 Å². The highest BCUT2D eigenvalue weighted by Gasteiger charge is 2.16. The van der Waals surface area contributed by atoms with Crippen molar-refractivity contribution >= 4 is 11.7 Å². The first-order chi connectivity index (χ1) is 8.56. The van der Waals surface area contributed by atoms with Gasteiger partial charge in [0.25, 0.3) is 0 Å². The van der Waals surface area contributed by atoms with E-state index in [-0.39, 0.29) is 0 Å². The van der Waals surface area contributed by atoms with Crippen molar-refractivity contribution in [3.8, 4) is 0 Å². The second-order valence-electron chi connectivity index (χ2n) is 4.45. The third kappa shape index (κ3) is 4.04. The summed E-state index contributed by atoms with van der Waals surface area (Å²) in [5.41, 5.74) is 2.36. The molecular weight excluding hydrogens is 228 g/mol. The standard InChI is InChI=1S/C14H22N2O2/c1-4-15-12(14(17)18)9-10-16(3)13-8-6-5-7-11(13)2/h5-8,12,15H,4,9-10H2,1-3H3,(H,17,18). The summed E-state index contributed by atoms with van der Waals surface area (Å²) in [7, 11) is 1.99. The Morgan fingerprint density at radius 2 is 2.11 bits per heavy atom. The number of likely N-dealkylation sites (N-methyl/N-ethyl adjacent to an activating group) is 1. The number of hydrogen-bond acceptors (Lipinski definition) is 3. The third-order valence-electron chi connectivity index (χ3n) is 3.03. The quantitative estimate of drug-likeness (QED) is 0.776. The zero-order valence-corrected chi connectivity index (χ0v) is 11.3. The number of rotatable bonds is 7. The number of carboxylic acid groups (broad SMARTS) is 1. The zero-order valence-electron chi connectivity index (χ0n) is 11.3. The zero-order chi connectivity index (χ0) is 13.5. The lowest BCUT2D eigenvalue weighted by Crippen LogP contribution is -2.39. The molecule has 100 valence electrons. The summed E-state index contributed by atoms with van der Waals surface area (Å²) >= 11 is 0. The molecule has 0 saturated heterocycles. The lowest BCUT2D eigenvalue weighted by molar-refractivity contribution is -0.139. The molecule has 0 aromatic heterocycles. The lowest BCUT2D eigenvalue weighted by Gasteiger charge is -2.23. The van der Waals surface area contributed by atoms with Crippen molar-refractivity contribution in [3.63, 3.8) is 0 Å². The van der Waals surface area contributed by atoms with Crippen LogP contribution >= 0.6 is 0 Å². The van der Waals surface area contributed by atoms with Crippen LogP contribution in [0.5, 0.6) is 0 Å². The number of aliphatic carboxylic acids is 1. The Kier molecular flexibility index (Phi) is 5.65. The van der Waals surface area contributed by atoms with Gasteiger partial charge in [0.2, 0.25) is 0 Å². The number of nitrogens with zero attached hydrogens (tertiary/aromatic N) is 1. The predicted molar refractivity (Wildman–Crippen MR) is 74.2 cm³/mol. The van der Waals surface area contributed by atoms with E-state index in [2.05, 4.69) is 29.3 Å². The molecule has 0 aliphatic heterocycles. The summed E-state index contributed by atoms with van der Waals surface area (Å²) < 4.78 is 0. The molecular formula is C14H22N2O2. The van der Waals surface area contributed by atoms with Crippen molar-refractivity contribution in [1.29, 1.82) is 0 Å². The molecule has 1 rings (SSSR count). The maximum absolute atomic E-state index is 11.0. The molecule has 0 fully saturated rings. The second-order valence-corrected chi connectivity index (χ2v) is 4.45. The van der Waals surface area contributed by atoms with Gasteiger partial charge in [-0.25, -0.2) is 0 Å². The summed E-state index contributed by atoms with van der Waals surface area (Å²) in [5, 5.41) is 12.0. The van der Waals surface area contributed by atoms with E-state index in [1.54, 1.807) is 0 Å². The van der Waals surface area contributed by atoms with Gasteiger partial charge in [0.05, 0.1) is 0 Å². The summed E-state index contributed by atoms with van der Waals surface area (Å²) in [5.74, 6) is -0.782. The van der Waals surface area contributed by atoms with E-state index in [4.69, 9.17) is 5.11 Å². The van der Waals surface area contributed by atoms with Crippen molar-refractivity contribution in [3.05, 3.63) is 29.8 Å². The molecule has 1 unspecified atom stereocenters. The highest BCUT2D eigenvalue weighted by atomic mass is 16.4. The highest BCUT2D eigenvalue weighted by Crippen LogP contribution is 2.18. The van der Waals surface area contributed by atoms with E-state index in [1.165, 1.54) is 5.56 Å². The molecule has 0 aliphatic carbocycles. The van der Waals surface area contributed by atoms with Crippen molar-refractivity contribution in [2.75, 3.05) is 25.0 Å². The van der Waals surface area contributed by atoms with Crippen LogP contribution in [0.1, 0.15) is 18.9 Å². The van der Waals surface area contributed by atoms with Crippen LogP contribution in [0.15, 0.2) is 24.3 Å². The fourth-order valence-electron chi connectivity index (χ4n) is 1.99. The number of aryl methyl sites for hydroxylation is 1. The van der Waals surface area contributed by atoms with Gasteiger partial charge in [0.1, 0.15) is 6.04 Å². The summed E-state index contributed by atoms with van der Waals surface area (Å²) in [4.78, 5) is 13.1. The van der Waals surface area contributed by atoms with Crippen LogP contribution in [0.4, 0.5) is 5.69 Å².